The summed E-state index contributed by atoms with van der Waals surface area (Å²) in [7, 11) is 0. The normalized spacial score (nSPS) is 13.9. The first-order chi connectivity index (χ1) is 15.4. The van der Waals surface area contributed by atoms with Gasteiger partial charge in [0.25, 0.3) is 5.91 Å². The van der Waals surface area contributed by atoms with Crippen molar-refractivity contribution in [3.63, 3.8) is 0 Å². The molecule has 1 aromatic heterocycles. The highest BCUT2D eigenvalue weighted by Crippen LogP contribution is 2.23. The molecule has 2 aromatic carbocycles. The first-order valence-corrected chi connectivity index (χ1v) is 11.0. The van der Waals surface area contributed by atoms with Crippen molar-refractivity contribution in [1.29, 1.82) is 0 Å². The predicted octanol–water partition coefficient (Wildman–Crippen LogP) is 4.10. The number of aromatic nitrogens is 2. The first-order valence-electron chi connectivity index (χ1n) is 11.0. The second-order valence-electron chi connectivity index (χ2n) is 8.58. The van der Waals surface area contributed by atoms with Crippen LogP contribution in [0.2, 0.25) is 0 Å². The largest absolute Gasteiger partial charge is 0.484 e. The molecule has 0 spiro atoms. The molecular formula is C26H30N4O2. The van der Waals surface area contributed by atoms with Crippen LogP contribution in [0.15, 0.2) is 48.5 Å². The van der Waals surface area contributed by atoms with Gasteiger partial charge in [-0.15, -0.1) is 10.2 Å². The summed E-state index contributed by atoms with van der Waals surface area (Å²) >= 11 is 0. The van der Waals surface area contributed by atoms with Crippen molar-refractivity contribution in [1.82, 2.24) is 15.1 Å². The summed E-state index contributed by atoms with van der Waals surface area (Å²) in [5.41, 5.74) is 6.68. The SMILES string of the molecule is Cc1cc(C)cc(OCC(=O)N2CCN(c3ccc(-c4ccc(C)cc4C)nn3)CC2)c1. The molecule has 1 aliphatic rings. The maximum absolute atomic E-state index is 12.6. The van der Waals surface area contributed by atoms with Crippen LogP contribution < -0.4 is 9.64 Å². The average Bonchev–Trinajstić information content (AvgIpc) is 2.77. The second-order valence-corrected chi connectivity index (χ2v) is 8.58. The molecule has 0 N–H and O–H groups in total. The number of nitrogens with zero attached hydrogens (tertiary/aromatic N) is 4. The smallest absolute Gasteiger partial charge is 0.260 e. The van der Waals surface area contributed by atoms with Crippen molar-refractivity contribution in [3.8, 4) is 17.0 Å². The third-order valence-electron chi connectivity index (χ3n) is 5.82. The number of piperazine rings is 1. The van der Waals surface area contributed by atoms with Crippen LogP contribution in [0.3, 0.4) is 0 Å². The van der Waals surface area contributed by atoms with E-state index in [1.54, 1.807) is 0 Å². The molecule has 1 fully saturated rings. The molecule has 0 aliphatic carbocycles. The number of ether oxygens (including phenoxy) is 1. The fraction of sp³-hybridized carbons (Fsp3) is 0.346. The number of amides is 1. The molecule has 0 radical (unpaired) electrons. The molecule has 0 atom stereocenters. The van der Waals surface area contributed by atoms with Crippen LogP contribution in [-0.4, -0.2) is 53.8 Å². The van der Waals surface area contributed by atoms with Gasteiger partial charge in [-0.05, 0) is 68.7 Å². The third-order valence-corrected chi connectivity index (χ3v) is 5.82. The van der Waals surface area contributed by atoms with Crippen molar-refractivity contribution in [2.45, 2.75) is 27.7 Å². The van der Waals surface area contributed by atoms with E-state index < -0.39 is 0 Å². The van der Waals surface area contributed by atoms with Crippen LogP contribution in [0, 0.1) is 27.7 Å². The van der Waals surface area contributed by atoms with Gasteiger partial charge in [0, 0.05) is 31.7 Å². The number of carbonyl (C=O) groups is 1. The lowest BCUT2D eigenvalue weighted by molar-refractivity contribution is -0.133. The van der Waals surface area contributed by atoms with Crippen LogP contribution in [0.4, 0.5) is 5.82 Å². The van der Waals surface area contributed by atoms with Crippen molar-refractivity contribution >= 4 is 11.7 Å². The van der Waals surface area contributed by atoms with Crippen molar-refractivity contribution in [3.05, 3.63) is 70.8 Å². The van der Waals surface area contributed by atoms with E-state index in [0.717, 1.165) is 47.0 Å². The Morgan fingerprint density at radius 2 is 1.56 bits per heavy atom. The Bertz CT molecular complexity index is 1080. The molecule has 1 aliphatic heterocycles. The average molecular weight is 431 g/mol. The van der Waals surface area contributed by atoms with E-state index in [-0.39, 0.29) is 12.5 Å². The minimum absolute atomic E-state index is 0.0140. The minimum atomic E-state index is 0.0140. The molecular weight excluding hydrogens is 400 g/mol. The van der Waals surface area contributed by atoms with Gasteiger partial charge < -0.3 is 14.5 Å². The fourth-order valence-corrected chi connectivity index (χ4v) is 4.18. The molecule has 32 heavy (non-hydrogen) atoms. The second kappa shape index (κ2) is 9.39. The van der Waals surface area contributed by atoms with Gasteiger partial charge >= 0.3 is 0 Å². The summed E-state index contributed by atoms with van der Waals surface area (Å²) in [6.07, 6.45) is 0. The Balaban J connectivity index is 1.31. The van der Waals surface area contributed by atoms with Crippen molar-refractivity contribution < 1.29 is 9.53 Å². The highest BCUT2D eigenvalue weighted by Gasteiger charge is 2.22. The van der Waals surface area contributed by atoms with E-state index in [0.29, 0.717) is 13.1 Å². The van der Waals surface area contributed by atoms with E-state index in [1.807, 2.05) is 43.0 Å². The molecule has 0 bridgehead atoms. The van der Waals surface area contributed by atoms with Gasteiger partial charge in [-0.3, -0.25) is 4.79 Å². The quantitative estimate of drug-likeness (QED) is 0.610. The van der Waals surface area contributed by atoms with E-state index in [4.69, 9.17) is 4.74 Å². The van der Waals surface area contributed by atoms with Gasteiger partial charge in [-0.25, -0.2) is 0 Å². The highest BCUT2D eigenvalue weighted by molar-refractivity contribution is 5.78. The molecule has 6 heteroatoms. The van der Waals surface area contributed by atoms with E-state index in [9.17, 15) is 4.79 Å². The van der Waals surface area contributed by atoms with Crippen LogP contribution in [-0.2, 0) is 4.79 Å². The molecule has 3 aromatic rings. The number of benzene rings is 2. The zero-order valence-corrected chi connectivity index (χ0v) is 19.3. The standard InChI is InChI=1S/C26H30N4O2/c1-18-5-6-23(21(4)14-18)24-7-8-25(28-27-24)29-9-11-30(12-10-29)26(31)17-32-22-15-19(2)13-20(3)16-22/h5-8,13-16H,9-12,17H2,1-4H3. The zero-order valence-electron chi connectivity index (χ0n) is 19.3. The Kier molecular flexibility index (Phi) is 6.40. The van der Waals surface area contributed by atoms with Gasteiger partial charge in [-0.1, -0.05) is 29.8 Å². The monoisotopic (exact) mass is 430 g/mol. The highest BCUT2D eigenvalue weighted by atomic mass is 16.5. The van der Waals surface area contributed by atoms with Gasteiger partial charge in [0.2, 0.25) is 0 Å². The lowest BCUT2D eigenvalue weighted by Gasteiger charge is -2.35. The van der Waals surface area contributed by atoms with Crippen LogP contribution in [0.5, 0.6) is 5.75 Å². The molecule has 2 heterocycles. The van der Waals surface area contributed by atoms with E-state index in [1.165, 1.54) is 11.1 Å². The summed E-state index contributed by atoms with van der Waals surface area (Å²) in [5.74, 6) is 1.60. The topological polar surface area (TPSA) is 58.6 Å². The fourth-order valence-electron chi connectivity index (χ4n) is 4.18. The van der Waals surface area contributed by atoms with Gasteiger partial charge in [-0.2, -0.15) is 0 Å². The molecule has 1 saturated heterocycles. The van der Waals surface area contributed by atoms with Crippen molar-refractivity contribution in [2.24, 2.45) is 0 Å². The molecule has 1 amide bonds. The first kappa shape index (κ1) is 21.8. The third kappa shape index (κ3) is 5.07. The maximum Gasteiger partial charge on any atom is 0.260 e. The summed E-state index contributed by atoms with van der Waals surface area (Å²) in [6, 6.07) is 16.4. The lowest BCUT2D eigenvalue weighted by atomic mass is 10.0. The van der Waals surface area contributed by atoms with Gasteiger partial charge in [0.15, 0.2) is 12.4 Å². The molecule has 166 valence electrons. The Morgan fingerprint density at radius 3 is 2.19 bits per heavy atom. The number of hydrogen-bond donors (Lipinski definition) is 0. The molecule has 0 unspecified atom stereocenters. The number of rotatable bonds is 5. The number of aryl methyl sites for hydroxylation is 4. The minimum Gasteiger partial charge on any atom is -0.484 e. The Labute approximate surface area is 189 Å². The number of hydrogen-bond acceptors (Lipinski definition) is 5. The Morgan fingerprint density at radius 1 is 0.844 bits per heavy atom. The van der Waals surface area contributed by atoms with Crippen LogP contribution in [0.25, 0.3) is 11.3 Å². The number of anilines is 1. The summed E-state index contributed by atoms with van der Waals surface area (Å²) in [5, 5.41) is 8.91. The molecule has 0 saturated carbocycles. The van der Waals surface area contributed by atoms with E-state index >= 15 is 0 Å². The van der Waals surface area contributed by atoms with Crippen molar-refractivity contribution in [2.75, 3.05) is 37.7 Å². The van der Waals surface area contributed by atoms with Crippen LogP contribution >= 0.6 is 0 Å². The van der Waals surface area contributed by atoms with E-state index in [2.05, 4.69) is 53.2 Å². The van der Waals surface area contributed by atoms with Gasteiger partial charge in [0.1, 0.15) is 5.75 Å². The molecule has 4 rings (SSSR count). The maximum atomic E-state index is 12.6. The molecule has 6 nitrogen and oxygen atoms in total. The summed E-state index contributed by atoms with van der Waals surface area (Å²) in [4.78, 5) is 16.6. The summed E-state index contributed by atoms with van der Waals surface area (Å²) < 4.78 is 5.74. The van der Waals surface area contributed by atoms with Crippen LogP contribution in [0.1, 0.15) is 22.3 Å². The number of carbonyl (C=O) groups excluding carboxylic acids is 1. The van der Waals surface area contributed by atoms with Gasteiger partial charge in [0.05, 0.1) is 5.69 Å². The summed E-state index contributed by atoms with van der Waals surface area (Å²) in [6.45, 7) is 11.1. The lowest BCUT2D eigenvalue weighted by Crippen LogP contribution is -2.50. The zero-order chi connectivity index (χ0) is 22.7. The Hall–Kier alpha value is -3.41. The predicted molar refractivity (Wildman–Crippen MR) is 127 cm³/mol.